The van der Waals surface area contributed by atoms with Crippen molar-refractivity contribution in [3.05, 3.63) is 66.2 Å². The van der Waals surface area contributed by atoms with Gasteiger partial charge in [-0.15, -0.1) is 5.10 Å². The van der Waals surface area contributed by atoms with Crippen LogP contribution in [0.4, 0.5) is 0 Å². The first-order chi connectivity index (χ1) is 12.8. The summed E-state index contributed by atoms with van der Waals surface area (Å²) in [6.07, 6.45) is 1.90. The molecule has 0 aliphatic heterocycles. The second-order valence-electron chi connectivity index (χ2n) is 5.82. The van der Waals surface area contributed by atoms with Crippen molar-refractivity contribution < 1.29 is 4.79 Å². The van der Waals surface area contributed by atoms with Gasteiger partial charge in [0.25, 0.3) is 0 Å². The third-order valence-corrected chi connectivity index (χ3v) is 4.81. The number of hydrogen-bond acceptors (Lipinski definition) is 5. The topological polar surface area (TPSA) is 72.7 Å². The fourth-order valence-electron chi connectivity index (χ4n) is 2.66. The Bertz CT molecular complexity index is 822. The number of benzene rings is 2. The summed E-state index contributed by atoms with van der Waals surface area (Å²) in [5, 5.41) is 15.5. The van der Waals surface area contributed by atoms with Crippen molar-refractivity contribution in [3.8, 4) is 5.69 Å². The summed E-state index contributed by atoms with van der Waals surface area (Å²) in [6, 6.07) is 19.7. The molecule has 0 unspecified atom stereocenters. The lowest BCUT2D eigenvalue weighted by atomic mass is 10.0. The second-order valence-corrected chi connectivity index (χ2v) is 6.76. The van der Waals surface area contributed by atoms with Gasteiger partial charge in [-0.3, -0.25) is 4.79 Å². The normalized spacial score (nSPS) is 11.9. The zero-order chi connectivity index (χ0) is 18.2. The number of aromatic nitrogens is 4. The molecule has 1 aromatic heterocycles. The monoisotopic (exact) mass is 367 g/mol. The van der Waals surface area contributed by atoms with E-state index in [-0.39, 0.29) is 17.7 Å². The second kappa shape index (κ2) is 9.15. The van der Waals surface area contributed by atoms with Crippen LogP contribution in [0.15, 0.2) is 65.8 Å². The van der Waals surface area contributed by atoms with Gasteiger partial charge in [-0.25, -0.2) is 0 Å². The van der Waals surface area contributed by atoms with Gasteiger partial charge >= 0.3 is 0 Å². The summed E-state index contributed by atoms with van der Waals surface area (Å²) in [5.74, 6) is 0.236. The molecule has 3 rings (SSSR count). The Kier molecular flexibility index (Phi) is 6.38. The molecule has 26 heavy (non-hydrogen) atoms. The average Bonchev–Trinajstić information content (AvgIpc) is 3.16. The first-order valence-electron chi connectivity index (χ1n) is 8.59. The number of amides is 1. The van der Waals surface area contributed by atoms with Gasteiger partial charge in [0.05, 0.1) is 17.5 Å². The van der Waals surface area contributed by atoms with Crippen LogP contribution >= 0.6 is 11.8 Å². The predicted octanol–water partition coefficient (Wildman–Crippen LogP) is 3.41. The molecule has 134 valence electrons. The minimum absolute atomic E-state index is 0.0272. The van der Waals surface area contributed by atoms with Gasteiger partial charge in [0.2, 0.25) is 11.1 Å². The largest absolute Gasteiger partial charge is 0.349 e. The molecule has 1 atom stereocenters. The van der Waals surface area contributed by atoms with E-state index in [9.17, 15) is 4.79 Å². The van der Waals surface area contributed by atoms with Crippen molar-refractivity contribution in [2.75, 3.05) is 5.75 Å². The molecule has 1 N–H and O–H groups in total. The molecule has 0 saturated carbocycles. The molecule has 0 spiro atoms. The summed E-state index contributed by atoms with van der Waals surface area (Å²) in [5.41, 5.74) is 2.00. The standard InChI is InChI=1S/C19H21N5OS/c1-2-9-17(15-10-5-3-6-11-15)20-18(25)14-26-19-21-22-23-24(19)16-12-7-4-8-13-16/h3-8,10-13,17H,2,9,14H2,1H3,(H,20,25)/t17-/m1/s1. The smallest absolute Gasteiger partial charge is 0.230 e. The number of carbonyl (C=O) groups excluding carboxylic acids is 1. The Hall–Kier alpha value is -2.67. The fourth-order valence-corrected chi connectivity index (χ4v) is 3.36. The van der Waals surface area contributed by atoms with Crippen LogP contribution in [0.5, 0.6) is 0 Å². The van der Waals surface area contributed by atoms with Crippen LogP contribution in [0.1, 0.15) is 31.4 Å². The summed E-state index contributed by atoms with van der Waals surface area (Å²) in [6.45, 7) is 2.12. The van der Waals surface area contributed by atoms with Gasteiger partial charge in [-0.1, -0.05) is 73.6 Å². The van der Waals surface area contributed by atoms with Crippen molar-refractivity contribution in [1.82, 2.24) is 25.5 Å². The SMILES string of the molecule is CCC[C@@H](NC(=O)CSc1nnnn1-c1ccccc1)c1ccccc1. The van der Waals surface area contributed by atoms with E-state index in [0.29, 0.717) is 5.16 Å². The third-order valence-electron chi connectivity index (χ3n) is 3.89. The number of tetrazole rings is 1. The number of nitrogens with zero attached hydrogens (tertiary/aromatic N) is 4. The Morgan fingerprint density at radius 3 is 2.50 bits per heavy atom. The number of nitrogens with one attached hydrogen (secondary N) is 1. The molecule has 0 bridgehead atoms. The highest BCUT2D eigenvalue weighted by molar-refractivity contribution is 7.99. The van der Waals surface area contributed by atoms with E-state index >= 15 is 0 Å². The van der Waals surface area contributed by atoms with Gasteiger partial charge in [0.1, 0.15) is 0 Å². The van der Waals surface area contributed by atoms with E-state index in [2.05, 4.69) is 27.8 Å². The van der Waals surface area contributed by atoms with Gasteiger partial charge in [0.15, 0.2) is 0 Å². The van der Waals surface area contributed by atoms with Crippen molar-refractivity contribution in [1.29, 1.82) is 0 Å². The summed E-state index contributed by atoms with van der Waals surface area (Å²) < 4.78 is 1.64. The maximum absolute atomic E-state index is 12.4. The van der Waals surface area contributed by atoms with E-state index in [4.69, 9.17) is 0 Å². The lowest BCUT2D eigenvalue weighted by Crippen LogP contribution is -2.30. The predicted molar refractivity (Wildman–Crippen MR) is 102 cm³/mol. The molecule has 6 nitrogen and oxygen atoms in total. The molecular weight excluding hydrogens is 346 g/mol. The number of thioether (sulfide) groups is 1. The minimum Gasteiger partial charge on any atom is -0.349 e. The van der Waals surface area contributed by atoms with E-state index in [1.165, 1.54) is 11.8 Å². The molecule has 0 fully saturated rings. The highest BCUT2D eigenvalue weighted by Crippen LogP contribution is 2.20. The average molecular weight is 367 g/mol. The van der Waals surface area contributed by atoms with Crippen LogP contribution in [0.25, 0.3) is 5.69 Å². The summed E-state index contributed by atoms with van der Waals surface area (Å²) in [7, 11) is 0. The van der Waals surface area contributed by atoms with Gasteiger partial charge in [0, 0.05) is 0 Å². The molecule has 0 aliphatic rings. The van der Waals surface area contributed by atoms with Crippen LogP contribution in [0.3, 0.4) is 0 Å². The van der Waals surface area contributed by atoms with Crippen LogP contribution < -0.4 is 5.32 Å². The molecule has 1 amide bonds. The Morgan fingerprint density at radius 2 is 1.81 bits per heavy atom. The van der Waals surface area contributed by atoms with Gasteiger partial charge in [-0.2, -0.15) is 4.68 Å². The minimum atomic E-state index is -0.0279. The first-order valence-corrected chi connectivity index (χ1v) is 9.57. The summed E-state index contributed by atoms with van der Waals surface area (Å²) in [4.78, 5) is 12.4. The lowest BCUT2D eigenvalue weighted by molar-refractivity contribution is -0.119. The van der Waals surface area contributed by atoms with Crippen molar-refractivity contribution in [2.45, 2.75) is 31.0 Å². The van der Waals surface area contributed by atoms with Gasteiger partial charge < -0.3 is 5.32 Å². The fraction of sp³-hybridized carbons (Fsp3) is 0.263. The highest BCUT2D eigenvalue weighted by atomic mass is 32.2. The first kappa shape index (κ1) is 18.1. The lowest BCUT2D eigenvalue weighted by Gasteiger charge is -2.18. The number of para-hydroxylation sites is 1. The molecular formula is C19H21N5OS. The Morgan fingerprint density at radius 1 is 1.12 bits per heavy atom. The Balaban J connectivity index is 1.62. The molecule has 2 aromatic carbocycles. The van der Waals surface area contributed by atoms with Gasteiger partial charge in [-0.05, 0) is 34.5 Å². The van der Waals surface area contributed by atoms with Crippen molar-refractivity contribution in [3.63, 3.8) is 0 Å². The van der Waals surface area contributed by atoms with Crippen molar-refractivity contribution >= 4 is 17.7 Å². The van der Waals surface area contributed by atoms with Crippen LogP contribution in [-0.2, 0) is 4.79 Å². The summed E-state index contributed by atoms with van der Waals surface area (Å²) >= 11 is 1.33. The third kappa shape index (κ3) is 4.70. The number of hydrogen-bond donors (Lipinski definition) is 1. The van der Waals surface area contributed by atoms with E-state index in [1.54, 1.807) is 4.68 Å². The van der Waals surface area contributed by atoms with E-state index in [1.807, 2.05) is 60.7 Å². The maximum Gasteiger partial charge on any atom is 0.230 e. The number of rotatable bonds is 8. The van der Waals surface area contributed by atoms with E-state index in [0.717, 1.165) is 24.1 Å². The van der Waals surface area contributed by atoms with Crippen molar-refractivity contribution in [2.24, 2.45) is 0 Å². The van der Waals surface area contributed by atoms with E-state index < -0.39 is 0 Å². The van der Waals surface area contributed by atoms with Crippen LogP contribution in [-0.4, -0.2) is 31.9 Å². The zero-order valence-electron chi connectivity index (χ0n) is 14.6. The quantitative estimate of drug-likeness (QED) is 0.618. The molecule has 3 aromatic rings. The molecule has 0 aliphatic carbocycles. The highest BCUT2D eigenvalue weighted by Gasteiger charge is 2.16. The molecule has 1 heterocycles. The van der Waals surface area contributed by atoms with Crippen LogP contribution in [0.2, 0.25) is 0 Å². The Labute approximate surface area is 157 Å². The zero-order valence-corrected chi connectivity index (χ0v) is 15.4. The van der Waals surface area contributed by atoms with Crippen LogP contribution in [0, 0.1) is 0 Å². The molecule has 7 heteroatoms. The molecule has 0 saturated heterocycles. The molecule has 0 radical (unpaired) electrons. The number of carbonyl (C=O) groups is 1. The maximum atomic E-state index is 12.4.